The first kappa shape index (κ1) is 13.4. The van der Waals surface area contributed by atoms with Gasteiger partial charge in [-0.3, -0.25) is 0 Å². The summed E-state index contributed by atoms with van der Waals surface area (Å²) in [7, 11) is 0. The molecular weight excluding hydrogens is 269 g/mol. The Balaban J connectivity index is 2.22. The molecular formula is C14H11ClFNO2. The van der Waals surface area contributed by atoms with E-state index in [-0.39, 0.29) is 11.3 Å². The van der Waals surface area contributed by atoms with Crippen LogP contribution >= 0.6 is 11.6 Å². The Morgan fingerprint density at radius 2 is 2.00 bits per heavy atom. The number of hydrogen-bond donors (Lipinski definition) is 2. The third-order valence-corrected chi connectivity index (χ3v) is 2.84. The van der Waals surface area contributed by atoms with E-state index in [0.717, 1.165) is 5.56 Å². The largest absolute Gasteiger partial charge is 0.478 e. The highest BCUT2D eigenvalue weighted by atomic mass is 35.5. The van der Waals surface area contributed by atoms with Crippen LogP contribution in [0.3, 0.4) is 0 Å². The predicted octanol–water partition coefficient (Wildman–Crippen LogP) is 3.79. The summed E-state index contributed by atoms with van der Waals surface area (Å²) in [6.45, 7) is 0.293. The molecule has 0 radical (unpaired) electrons. The fourth-order valence-electron chi connectivity index (χ4n) is 1.72. The first-order valence-corrected chi connectivity index (χ1v) is 5.96. The summed E-state index contributed by atoms with van der Waals surface area (Å²) in [5.74, 6) is -1.77. The molecule has 0 aliphatic rings. The molecule has 3 nitrogen and oxygen atoms in total. The van der Waals surface area contributed by atoms with Crippen LogP contribution in [0.15, 0.2) is 42.5 Å². The van der Waals surface area contributed by atoms with E-state index in [1.807, 2.05) is 6.07 Å². The van der Waals surface area contributed by atoms with E-state index in [2.05, 4.69) is 5.32 Å². The van der Waals surface area contributed by atoms with Crippen molar-refractivity contribution in [3.05, 3.63) is 64.4 Å². The van der Waals surface area contributed by atoms with Crippen molar-refractivity contribution < 1.29 is 14.3 Å². The predicted molar refractivity (Wildman–Crippen MR) is 72.1 cm³/mol. The van der Waals surface area contributed by atoms with Gasteiger partial charge in [0.15, 0.2) is 0 Å². The number of hydrogen-bond acceptors (Lipinski definition) is 2. The molecule has 0 aromatic heterocycles. The maximum atomic E-state index is 13.6. The Morgan fingerprint density at radius 3 is 2.68 bits per heavy atom. The summed E-state index contributed by atoms with van der Waals surface area (Å²) in [4.78, 5) is 11.0. The lowest BCUT2D eigenvalue weighted by molar-refractivity contribution is 0.0697. The molecule has 0 bridgehead atoms. The molecule has 0 saturated carbocycles. The highest BCUT2D eigenvalue weighted by Crippen LogP contribution is 2.21. The zero-order valence-electron chi connectivity index (χ0n) is 9.86. The van der Waals surface area contributed by atoms with E-state index in [4.69, 9.17) is 16.7 Å². The molecule has 19 heavy (non-hydrogen) atoms. The topological polar surface area (TPSA) is 49.3 Å². The monoisotopic (exact) mass is 279 g/mol. The fourth-order valence-corrected chi connectivity index (χ4v) is 1.93. The Kier molecular flexibility index (Phi) is 4.02. The quantitative estimate of drug-likeness (QED) is 0.895. The molecule has 98 valence electrons. The second-order valence-corrected chi connectivity index (χ2v) is 4.39. The fraction of sp³-hybridized carbons (Fsp3) is 0.0714. The van der Waals surface area contributed by atoms with Crippen molar-refractivity contribution in [3.63, 3.8) is 0 Å². The molecule has 0 spiro atoms. The molecule has 0 aliphatic heterocycles. The van der Waals surface area contributed by atoms with Gasteiger partial charge in [0.2, 0.25) is 0 Å². The van der Waals surface area contributed by atoms with E-state index in [1.54, 1.807) is 18.2 Å². The number of aromatic carboxylic acids is 1. The van der Waals surface area contributed by atoms with Crippen LogP contribution in [0.25, 0.3) is 0 Å². The minimum atomic E-state index is -1.17. The lowest BCUT2D eigenvalue weighted by Crippen LogP contribution is -2.08. The molecule has 2 aromatic carbocycles. The van der Waals surface area contributed by atoms with Crippen molar-refractivity contribution in [2.75, 3.05) is 5.32 Å². The normalized spacial score (nSPS) is 10.2. The SMILES string of the molecule is O=C(O)c1cccc(F)c1NCc1cccc(Cl)c1. The number of anilines is 1. The van der Waals surface area contributed by atoms with Crippen LogP contribution in [0.5, 0.6) is 0 Å². The van der Waals surface area contributed by atoms with E-state index >= 15 is 0 Å². The summed E-state index contributed by atoms with van der Waals surface area (Å²) in [6.07, 6.45) is 0. The van der Waals surface area contributed by atoms with Gasteiger partial charge in [-0.1, -0.05) is 29.8 Å². The van der Waals surface area contributed by atoms with Crippen molar-refractivity contribution in [1.82, 2.24) is 0 Å². The Morgan fingerprint density at radius 1 is 1.26 bits per heavy atom. The Bertz CT molecular complexity index is 616. The number of para-hydroxylation sites is 1. The molecule has 2 N–H and O–H groups in total. The van der Waals surface area contributed by atoms with Crippen molar-refractivity contribution in [3.8, 4) is 0 Å². The van der Waals surface area contributed by atoms with Crippen LogP contribution in [-0.4, -0.2) is 11.1 Å². The number of nitrogens with one attached hydrogen (secondary N) is 1. The molecule has 2 aromatic rings. The summed E-state index contributed by atoms with van der Waals surface area (Å²) in [6, 6.07) is 11.0. The third kappa shape index (κ3) is 3.23. The number of rotatable bonds is 4. The highest BCUT2D eigenvalue weighted by molar-refractivity contribution is 6.30. The second-order valence-electron chi connectivity index (χ2n) is 3.95. The smallest absolute Gasteiger partial charge is 0.337 e. The van der Waals surface area contributed by atoms with Gasteiger partial charge in [-0.25, -0.2) is 9.18 Å². The number of halogens is 2. The molecule has 0 aliphatic carbocycles. The molecule has 0 heterocycles. The molecule has 0 fully saturated rings. The van der Waals surface area contributed by atoms with E-state index in [9.17, 15) is 9.18 Å². The highest BCUT2D eigenvalue weighted by Gasteiger charge is 2.13. The number of carbonyl (C=O) groups is 1. The van der Waals surface area contributed by atoms with Gasteiger partial charge in [0.25, 0.3) is 0 Å². The standard InChI is InChI=1S/C14H11ClFNO2/c15-10-4-1-3-9(7-10)8-17-13-11(14(18)19)5-2-6-12(13)16/h1-7,17H,8H2,(H,18,19). The summed E-state index contributed by atoms with van der Waals surface area (Å²) in [5, 5.41) is 12.4. The van der Waals surface area contributed by atoms with Gasteiger partial charge in [-0.05, 0) is 29.8 Å². The van der Waals surface area contributed by atoms with Crippen LogP contribution in [0.2, 0.25) is 5.02 Å². The average Bonchev–Trinajstić information content (AvgIpc) is 2.37. The number of benzene rings is 2. The zero-order valence-corrected chi connectivity index (χ0v) is 10.6. The minimum Gasteiger partial charge on any atom is -0.478 e. The summed E-state index contributed by atoms with van der Waals surface area (Å²) in [5.41, 5.74) is 0.726. The van der Waals surface area contributed by atoms with Crippen molar-refractivity contribution >= 4 is 23.3 Å². The molecule has 5 heteroatoms. The van der Waals surface area contributed by atoms with Crippen LogP contribution in [-0.2, 0) is 6.54 Å². The van der Waals surface area contributed by atoms with E-state index in [0.29, 0.717) is 11.6 Å². The first-order chi connectivity index (χ1) is 9.08. The van der Waals surface area contributed by atoms with E-state index in [1.165, 1.54) is 18.2 Å². The number of carboxylic acid groups (broad SMARTS) is 1. The van der Waals surface area contributed by atoms with Gasteiger partial charge in [0.05, 0.1) is 11.3 Å². The van der Waals surface area contributed by atoms with Crippen molar-refractivity contribution in [2.24, 2.45) is 0 Å². The molecule has 0 unspecified atom stereocenters. The minimum absolute atomic E-state index is 0.0185. The van der Waals surface area contributed by atoms with Crippen LogP contribution in [0.4, 0.5) is 10.1 Å². The Labute approximate surface area is 114 Å². The van der Waals surface area contributed by atoms with Crippen LogP contribution in [0, 0.1) is 5.82 Å². The summed E-state index contributed by atoms with van der Waals surface area (Å²) >= 11 is 5.84. The maximum Gasteiger partial charge on any atom is 0.337 e. The first-order valence-electron chi connectivity index (χ1n) is 5.58. The lowest BCUT2D eigenvalue weighted by atomic mass is 10.1. The third-order valence-electron chi connectivity index (χ3n) is 2.60. The Hall–Kier alpha value is -2.07. The van der Waals surface area contributed by atoms with Gasteiger partial charge in [-0.2, -0.15) is 0 Å². The zero-order chi connectivity index (χ0) is 13.8. The van der Waals surface area contributed by atoms with Gasteiger partial charge in [0, 0.05) is 11.6 Å². The van der Waals surface area contributed by atoms with Gasteiger partial charge in [-0.15, -0.1) is 0 Å². The van der Waals surface area contributed by atoms with Crippen molar-refractivity contribution in [1.29, 1.82) is 0 Å². The van der Waals surface area contributed by atoms with Gasteiger partial charge >= 0.3 is 5.97 Å². The van der Waals surface area contributed by atoms with Crippen LogP contribution in [0.1, 0.15) is 15.9 Å². The van der Waals surface area contributed by atoms with Gasteiger partial charge in [0.1, 0.15) is 5.82 Å². The summed E-state index contributed by atoms with van der Waals surface area (Å²) < 4.78 is 13.6. The lowest BCUT2D eigenvalue weighted by Gasteiger charge is -2.10. The molecule has 0 amide bonds. The molecule has 0 atom stereocenters. The number of carboxylic acids is 1. The average molecular weight is 280 g/mol. The van der Waals surface area contributed by atoms with E-state index < -0.39 is 11.8 Å². The van der Waals surface area contributed by atoms with Crippen molar-refractivity contribution in [2.45, 2.75) is 6.54 Å². The maximum absolute atomic E-state index is 13.6. The molecule has 0 saturated heterocycles. The molecule has 2 rings (SSSR count). The van der Waals surface area contributed by atoms with Gasteiger partial charge < -0.3 is 10.4 Å². The van der Waals surface area contributed by atoms with Crippen LogP contribution < -0.4 is 5.32 Å². The second kappa shape index (κ2) is 5.71.